The van der Waals surface area contributed by atoms with Crippen LogP contribution >= 0.6 is 24.0 Å². The van der Waals surface area contributed by atoms with Gasteiger partial charge in [0.2, 0.25) is 5.89 Å². The molecule has 1 aromatic heterocycles. The molecular weight excluding hydrogens is 381 g/mol. The Kier molecular flexibility index (Phi) is 12.3. The van der Waals surface area contributed by atoms with Crippen LogP contribution in [0.1, 0.15) is 50.7 Å². The minimum atomic E-state index is 0. The molecule has 6 nitrogen and oxygen atoms in total. The van der Waals surface area contributed by atoms with Gasteiger partial charge in [-0.1, -0.05) is 31.3 Å². The Morgan fingerprint density at radius 2 is 1.86 bits per heavy atom. The van der Waals surface area contributed by atoms with Crippen LogP contribution in [0.25, 0.3) is 0 Å². The molecule has 0 saturated carbocycles. The van der Waals surface area contributed by atoms with Crippen molar-refractivity contribution in [2.45, 2.75) is 52.4 Å². The highest BCUT2D eigenvalue weighted by Crippen LogP contribution is 1.99. The summed E-state index contributed by atoms with van der Waals surface area (Å²) >= 11 is 0. The standard InChI is InChI=1S/C14H27N5O.HI/c1-4-5-6-7-10-16-14(15-3)17-11-8-9-13-18-12(2)19-20-13;/h4-11H2,1-3H3,(H2,15,16,17);1H. The molecular formula is C14H28IN5O. The van der Waals surface area contributed by atoms with Crippen molar-refractivity contribution in [2.24, 2.45) is 4.99 Å². The summed E-state index contributed by atoms with van der Waals surface area (Å²) in [7, 11) is 1.79. The summed E-state index contributed by atoms with van der Waals surface area (Å²) in [6, 6.07) is 0. The van der Waals surface area contributed by atoms with Crippen molar-refractivity contribution in [1.82, 2.24) is 20.8 Å². The largest absolute Gasteiger partial charge is 0.356 e. The van der Waals surface area contributed by atoms with Gasteiger partial charge in [-0.3, -0.25) is 4.99 Å². The van der Waals surface area contributed by atoms with Gasteiger partial charge < -0.3 is 15.2 Å². The van der Waals surface area contributed by atoms with Gasteiger partial charge in [0.15, 0.2) is 11.8 Å². The number of nitrogens with zero attached hydrogens (tertiary/aromatic N) is 3. The molecule has 0 spiro atoms. The maximum atomic E-state index is 5.07. The second kappa shape index (κ2) is 12.8. The van der Waals surface area contributed by atoms with E-state index in [0.29, 0.717) is 11.7 Å². The average molecular weight is 409 g/mol. The zero-order chi connectivity index (χ0) is 14.6. The number of guanidine groups is 1. The summed E-state index contributed by atoms with van der Waals surface area (Å²) < 4.78 is 5.07. The predicted octanol–water partition coefficient (Wildman–Crippen LogP) is 2.67. The Labute approximate surface area is 144 Å². The summed E-state index contributed by atoms with van der Waals surface area (Å²) in [4.78, 5) is 8.37. The zero-order valence-corrected chi connectivity index (χ0v) is 15.6. The molecule has 0 unspecified atom stereocenters. The number of aliphatic imine (C=N–C) groups is 1. The molecule has 0 bridgehead atoms. The quantitative estimate of drug-likeness (QED) is 0.284. The monoisotopic (exact) mass is 409 g/mol. The number of rotatable bonds is 9. The van der Waals surface area contributed by atoms with Crippen molar-refractivity contribution < 1.29 is 4.52 Å². The highest BCUT2D eigenvalue weighted by molar-refractivity contribution is 14.0. The number of hydrogen-bond donors (Lipinski definition) is 2. The molecule has 122 valence electrons. The minimum Gasteiger partial charge on any atom is -0.356 e. The molecule has 0 aliphatic rings. The van der Waals surface area contributed by atoms with E-state index in [1.54, 1.807) is 7.05 Å². The lowest BCUT2D eigenvalue weighted by molar-refractivity contribution is 0.372. The fourth-order valence-corrected chi connectivity index (χ4v) is 1.87. The van der Waals surface area contributed by atoms with E-state index >= 15 is 0 Å². The summed E-state index contributed by atoms with van der Waals surface area (Å²) in [5.74, 6) is 2.26. The first kappa shape index (κ1) is 20.1. The smallest absolute Gasteiger partial charge is 0.226 e. The number of halogens is 1. The highest BCUT2D eigenvalue weighted by Gasteiger charge is 2.02. The van der Waals surface area contributed by atoms with Crippen LogP contribution in [-0.2, 0) is 6.42 Å². The number of aryl methyl sites for hydroxylation is 2. The first-order chi connectivity index (χ1) is 9.76. The molecule has 1 heterocycles. The van der Waals surface area contributed by atoms with E-state index in [1.807, 2.05) is 6.92 Å². The van der Waals surface area contributed by atoms with Crippen molar-refractivity contribution >= 4 is 29.9 Å². The third-order valence-corrected chi connectivity index (χ3v) is 2.98. The maximum absolute atomic E-state index is 5.07. The van der Waals surface area contributed by atoms with Crippen LogP contribution in [0.15, 0.2) is 9.52 Å². The summed E-state index contributed by atoms with van der Waals surface area (Å²) in [6.45, 7) is 5.87. The molecule has 0 fully saturated rings. The molecule has 0 aromatic carbocycles. The van der Waals surface area contributed by atoms with E-state index in [-0.39, 0.29) is 24.0 Å². The third-order valence-electron chi connectivity index (χ3n) is 2.98. The highest BCUT2D eigenvalue weighted by atomic mass is 127. The minimum absolute atomic E-state index is 0. The van der Waals surface area contributed by atoms with Gasteiger partial charge in [-0.2, -0.15) is 4.98 Å². The zero-order valence-electron chi connectivity index (χ0n) is 13.3. The predicted molar refractivity (Wildman–Crippen MR) is 96.3 cm³/mol. The topological polar surface area (TPSA) is 75.3 Å². The second-order valence-corrected chi connectivity index (χ2v) is 4.83. The molecule has 0 radical (unpaired) electrons. The van der Waals surface area contributed by atoms with E-state index in [2.05, 4.69) is 32.7 Å². The number of aromatic nitrogens is 2. The Morgan fingerprint density at radius 1 is 1.14 bits per heavy atom. The molecule has 0 aliphatic carbocycles. The fourth-order valence-electron chi connectivity index (χ4n) is 1.87. The van der Waals surface area contributed by atoms with E-state index < -0.39 is 0 Å². The van der Waals surface area contributed by atoms with Gasteiger partial charge in [-0.25, -0.2) is 0 Å². The summed E-state index contributed by atoms with van der Waals surface area (Å²) in [5, 5.41) is 10.4. The molecule has 7 heteroatoms. The van der Waals surface area contributed by atoms with Crippen LogP contribution in [0, 0.1) is 6.92 Å². The van der Waals surface area contributed by atoms with Gasteiger partial charge in [0.25, 0.3) is 0 Å². The van der Waals surface area contributed by atoms with E-state index in [0.717, 1.165) is 31.9 Å². The molecule has 0 atom stereocenters. The average Bonchev–Trinajstić information content (AvgIpc) is 2.86. The molecule has 1 rings (SSSR count). The summed E-state index contributed by atoms with van der Waals surface area (Å²) in [6.07, 6.45) is 6.77. The molecule has 2 N–H and O–H groups in total. The molecule has 21 heavy (non-hydrogen) atoms. The van der Waals surface area contributed by atoms with Crippen molar-refractivity contribution in [3.63, 3.8) is 0 Å². The summed E-state index contributed by atoms with van der Waals surface area (Å²) in [5.41, 5.74) is 0. The van der Waals surface area contributed by atoms with Crippen LogP contribution in [0.3, 0.4) is 0 Å². The number of hydrogen-bond acceptors (Lipinski definition) is 4. The first-order valence-electron chi connectivity index (χ1n) is 7.50. The van der Waals surface area contributed by atoms with Gasteiger partial charge in [-0.15, -0.1) is 24.0 Å². The Hall–Kier alpha value is -0.860. The number of unbranched alkanes of at least 4 members (excludes halogenated alkanes) is 3. The first-order valence-corrected chi connectivity index (χ1v) is 7.50. The van der Waals surface area contributed by atoms with Crippen molar-refractivity contribution in [3.8, 4) is 0 Å². The lowest BCUT2D eigenvalue weighted by atomic mass is 10.2. The molecule has 0 aliphatic heterocycles. The molecule has 1 aromatic rings. The van der Waals surface area contributed by atoms with Crippen LogP contribution in [0.4, 0.5) is 0 Å². The molecule has 0 saturated heterocycles. The maximum Gasteiger partial charge on any atom is 0.226 e. The van der Waals surface area contributed by atoms with Crippen LogP contribution in [0.5, 0.6) is 0 Å². The van der Waals surface area contributed by atoms with Crippen molar-refractivity contribution in [2.75, 3.05) is 20.1 Å². The number of nitrogens with one attached hydrogen (secondary N) is 2. The van der Waals surface area contributed by atoms with E-state index in [1.165, 1.54) is 25.7 Å². The second-order valence-electron chi connectivity index (χ2n) is 4.83. The Balaban J connectivity index is 0.00000400. The van der Waals surface area contributed by atoms with Gasteiger partial charge >= 0.3 is 0 Å². The lowest BCUT2D eigenvalue weighted by Gasteiger charge is -2.11. The van der Waals surface area contributed by atoms with E-state index in [4.69, 9.17) is 4.52 Å². The van der Waals surface area contributed by atoms with Gasteiger partial charge in [0, 0.05) is 26.6 Å². The third kappa shape index (κ3) is 9.65. The van der Waals surface area contributed by atoms with Gasteiger partial charge in [0.05, 0.1) is 0 Å². The molecule has 0 amide bonds. The fraction of sp³-hybridized carbons (Fsp3) is 0.786. The van der Waals surface area contributed by atoms with Crippen molar-refractivity contribution in [3.05, 3.63) is 11.7 Å². The van der Waals surface area contributed by atoms with Gasteiger partial charge in [-0.05, 0) is 19.8 Å². The Bertz CT molecular complexity index is 394. The van der Waals surface area contributed by atoms with Crippen LogP contribution < -0.4 is 10.6 Å². The normalized spacial score (nSPS) is 11.1. The van der Waals surface area contributed by atoms with Crippen LogP contribution in [0.2, 0.25) is 0 Å². The van der Waals surface area contributed by atoms with Crippen molar-refractivity contribution in [1.29, 1.82) is 0 Å². The Morgan fingerprint density at radius 3 is 2.43 bits per heavy atom. The SMILES string of the molecule is CCCCCCNC(=NC)NCCCc1nc(C)no1.I. The van der Waals surface area contributed by atoms with Crippen LogP contribution in [-0.4, -0.2) is 36.2 Å². The van der Waals surface area contributed by atoms with Gasteiger partial charge in [0.1, 0.15) is 0 Å². The lowest BCUT2D eigenvalue weighted by Crippen LogP contribution is -2.38. The van der Waals surface area contributed by atoms with E-state index in [9.17, 15) is 0 Å².